The number of benzene rings is 2. The maximum Gasteiger partial charge on any atom is 0.261 e. The molecule has 2 amide bonds. The number of halogens is 4. The van der Waals surface area contributed by atoms with Gasteiger partial charge in [-0.2, -0.15) is 0 Å². The van der Waals surface area contributed by atoms with Crippen LogP contribution in [-0.4, -0.2) is 18.4 Å². The summed E-state index contributed by atoms with van der Waals surface area (Å²) in [5, 5.41) is 4.40. The summed E-state index contributed by atoms with van der Waals surface area (Å²) in [6, 6.07) is 10.5. The topological polar surface area (TPSA) is 58.2 Å². The zero-order chi connectivity index (χ0) is 20.3. The lowest BCUT2D eigenvalue weighted by Crippen LogP contribution is -2.32. The van der Waals surface area contributed by atoms with Crippen molar-refractivity contribution in [2.24, 2.45) is 0 Å². The van der Waals surface area contributed by atoms with Gasteiger partial charge < -0.3 is 10.6 Å². The van der Waals surface area contributed by atoms with Crippen molar-refractivity contribution in [2.45, 2.75) is 0 Å². The molecule has 0 saturated carbocycles. The molecule has 0 unspecified atom stereocenters. The van der Waals surface area contributed by atoms with Gasteiger partial charge in [0.1, 0.15) is 5.82 Å². The summed E-state index contributed by atoms with van der Waals surface area (Å²) in [4.78, 5) is 25.0. The molecule has 2 N–H and O–H groups in total. The van der Waals surface area contributed by atoms with Crippen LogP contribution < -0.4 is 10.6 Å². The molecule has 144 valence electrons. The van der Waals surface area contributed by atoms with Gasteiger partial charge in [-0.1, -0.05) is 12.1 Å². The minimum absolute atomic E-state index is 0.311. The predicted octanol–water partition coefficient (Wildman–Crippen LogP) is 4.34. The minimum atomic E-state index is -1.70. The molecule has 0 atom stereocenters. The molecular weight excluding hydrogens is 396 g/mol. The standard InChI is InChI=1S/C19H12F4N2O2S/c20-11-3-1-10(2-4-11)14-7-8-15(28-14)19(27)24-9-16(26)25-13-6-5-12(21)17(22)18(13)23/h1-8H,9H2,(H,24,27)(H,25,26). The largest absolute Gasteiger partial charge is 0.342 e. The average molecular weight is 408 g/mol. The third-order valence-electron chi connectivity index (χ3n) is 3.68. The van der Waals surface area contributed by atoms with Crippen LogP contribution in [0.2, 0.25) is 0 Å². The van der Waals surface area contributed by atoms with Crippen LogP contribution in [0.5, 0.6) is 0 Å². The second-order valence-corrected chi connectivity index (χ2v) is 6.71. The van der Waals surface area contributed by atoms with E-state index >= 15 is 0 Å². The third kappa shape index (κ3) is 4.37. The van der Waals surface area contributed by atoms with Gasteiger partial charge in [0.15, 0.2) is 17.5 Å². The normalized spacial score (nSPS) is 10.6. The molecule has 3 rings (SSSR count). The molecule has 0 spiro atoms. The van der Waals surface area contributed by atoms with Crippen molar-refractivity contribution >= 4 is 28.8 Å². The highest BCUT2D eigenvalue weighted by Gasteiger charge is 2.16. The van der Waals surface area contributed by atoms with E-state index in [0.717, 1.165) is 27.8 Å². The number of carbonyl (C=O) groups excluding carboxylic acids is 2. The molecule has 0 fully saturated rings. The summed E-state index contributed by atoms with van der Waals surface area (Å²) < 4.78 is 52.5. The van der Waals surface area contributed by atoms with Crippen molar-refractivity contribution in [3.05, 3.63) is 76.7 Å². The summed E-state index contributed by atoms with van der Waals surface area (Å²) in [5.74, 6) is -6.33. The molecular formula is C19H12F4N2O2S. The molecule has 1 heterocycles. The number of thiophene rings is 1. The second kappa shape index (κ2) is 8.22. The van der Waals surface area contributed by atoms with Crippen LogP contribution in [0.25, 0.3) is 10.4 Å². The van der Waals surface area contributed by atoms with Crippen molar-refractivity contribution in [1.29, 1.82) is 0 Å². The lowest BCUT2D eigenvalue weighted by molar-refractivity contribution is -0.115. The van der Waals surface area contributed by atoms with Gasteiger partial charge in [-0.05, 0) is 42.0 Å². The van der Waals surface area contributed by atoms with E-state index < -0.39 is 41.5 Å². The Hall–Kier alpha value is -3.20. The number of rotatable bonds is 5. The summed E-state index contributed by atoms with van der Waals surface area (Å²) >= 11 is 1.14. The van der Waals surface area contributed by atoms with Gasteiger partial charge in [-0.25, -0.2) is 17.6 Å². The minimum Gasteiger partial charge on any atom is -0.342 e. The van der Waals surface area contributed by atoms with E-state index in [1.807, 2.05) is 0 Å². The highest BCUT2D eigenvalue weighted by molar-refractivity contribution is 7.17. The second-order valence-electron chi connectivity index (χ2n) is 5.62. The Bertz CT molecular complexity index is 1030. The molecule has 0 aliphatic carbocycles. The van der Waals surface area contributed by atoms with Crippen LogP contribution >= 0.6 is 11.3 Å². The molecule has 3 aromatic rings. The molecule has 28 heavy (non-hydrogen) atoms. The number of nitrogens with one attached hydrogen (secondary N) is 2. The van der Waals surface area contributed by atoms with Crippen LogP contribution in [-0.2, 0) is 4.79 Å². The zero-order valence-corrected chi connectivity index (χ0v) is 14.9. The van der Waals surface area contributed by atoms with Crippen LogP contribution in [0.1, 0.15) is 9.67 Å². The molecule has 0 radical (unpaired) electrons. The van der Waals surface area contributed by atoms with Gasteiger partial charge in [0.05, 0.1) is 17.1 Å². The molecule has 0 bridgehead atoms. The van der Waals surface area contributed by atoms with E-state index in [1.165, 1.54) is 12.1 Å². The third-order valence-corrected chi connectivity index (χ3v) is 4.81. The molecule has 0 saturated heterocycles. The number of amides is 2. The van der Waals surface area contributed by atoms with Gasteiger partial charge in [-0.15, -0.1) is 11.3 Å². The van der Waals surface area contributed by atoms with Gasteiger partial charge in [0, 0.05) is 4.88 Å². The molecule has 4 nitrogen and oxygen atoms in total. The Morgan fingerprint density at radius 1 is 0.857 bits per heavy atom. The van der Waals surface area contributed by atoms with Crippen LogP contribution in [0, 0.1) is 23.3 Å². The Balaban J connectivity index is 1.59. The number of anilines is 1. The summed E-state index contributed by atoms with van der Waals surface area (Å²) in [6.45, 7) is -0.499. The van der Waals surface area contributed by atoms with Crippen LogP contribution in [0.4, 0.5) is 23.2 Å². The van der Waals surface area contributed by atoms with Crippen molar-refractivity contribution in [2.75, 3.05) is 11.9 Å². The number of hydrogen-bond donors (Lipinski definition) is 2. The molecule has 1 aromatic heterocycles. The van der Waals surface area contributed by atoms with E-state index in [2.05, 4.69) is 10.6 Å². The van der Waals surface area contributed by atoms with Gasteiger partial charge >= 0.3 is 0 Å². The number of hydrogen-bond acceptors (Lipinski definition) is 3. The Labute approximate surface area is 160 Å². The van der Waals surface area contributed by atoms with Crippen molar-refractivity contribution in [3.8, 4) is 10.4 Å². The summed E-state index contributed by atoms with van der Waals surface area (Å²) in [5.41, 5.74) is 0.199. The van der Waals surface area contributed by atoms with E-state index in [1.54, 1.807) is 24.3 Å². The highest BCUT2D eigenvalue weighted by atomic mass is 32.1. The fourth-order valence-corrected chi connectivity index (χ4v) is 3.22. The smallest absolute Gasteiger partial charge is 0.261 e. The zero-order valence-electron chi connectivity index (χ0n) is 14.1. The van der Waals surface area contributed by atoms with Crippen LogP contribution in [0.3, 0.4) is 0 Å². The van der Waals surface area contributed by atoms with E-state index in [0.29, 0.717) is 10.9 Å². The lowest BCUT2D eigenvalue weighted by atomic mass is 10.2. The lowest BCUT2D eigenvalue weighted by Gasteiger charge is -2.08. The maximum absolute atomic E-state index is 13.5. The first-order chi connectivity index (χ1) is 13.3. The maximum atomic E-state index is 13.5. The van der Waals surface area contributed by atoms with E-state index in [9.17, 15) is 27.2 Å². The van der Waals surface area contributed by atoms with Crippen molar-refractivity contribution in [3.63, 3.8) is 0 Å². The van der Waals surface area contributed by atoms with Crippen molar-refractivity contribution in [1.82, 2.24) is 5.32 Å². The fraction of sp³-hybridized carbons (Fsp3) is 0.0526. The first-order valence-electron chi connectivity index (χ1n) is 7.92. The van der Waals surface area contributed by atoms with Gasteiger partial charge in [-0.3, -0.25) is 9.59 Å². The summed E-state index contributed by atoms with van der Waals surface area (Å²) in [7, 11) is 0. The Kier molecular flexibility index (Phi) is 5.74. The SMILES string of the molecule is O=C(CNC(=O)c1ccc(-c2ccc(F)cc2)s1)Nc1ccc(F)c(F)c1F. The summed E-state index contributed by atoms with van der Waals surface area (Å²) in [6.07, 6.45) is 0. The molecule has 9 heteroatoms. The monoisotopic (exact) mass is 408 g/mol. The average Bonchev–Trinajstić information content (AvgIpc) is 3.17. The van der Waals surface area contributed by atoms with Crippen LogP contribution in [0.15, 0.2) is 48.5 Å². The molecule has 0 aliphatic rings. The highest BCUT2D eigenvalue weighted by Crippen LogP contribution is 2.28. The van der Waals surface area contributed by atoms with Gasteiger partial charge in [0.2, 0.25) is 5.91 Å². The molecule has 0 aliphatic heterocycles. The van der Waals surface area contributed by atoms with E-state index in [-0.39, 0.29) is 5.82 Å². The number of carbonyl (C=O) groups is 2. The Morgan fingerprint density at radius 2 is 1.57 bits per heavy atom. The Morgan fingerprint density at radius 3 is 2.29 bits per heavy atom. The van der Waals surface area contributed by atoms with Crippen molar-refractivity contribution < 1.29 is 27.2 Å². The fourth-order valence-electron chi connectivity index (χ4n) is 2.29. The molecule has 2 aromatic carbocycles. The van der Waals surface area contributed by atoms with E-state index in [4.69, 9.17) is 0 Å². The first kappa shape index (κ1) is 19.6. The van der Waals surface area contributed by atoms with Gasteiger partial charge in [0.25, 0.3) is 5.91 Å². The quantitative estimate of drug-likeness (QED) is 0.488. The first-order valence-corrected chi connectivity index (χ1v) is 8.74. The predicted molar refractivity (Wildman–Crippen MR) is 97.0 cm³/mol.